The fourth-order valence-electron chi connectivity index (χ4n) is 4.55. The SMILES string of the molecule is CCOc1cc(C(=O)N2CCCNCC2)ccc1Nc1cc2c(cn1)N(C)C(=O)c1sccc1N2C. The molecule has 1 aromatic carbocycles. The number of carbonyl (C=O) groups is 2. The summed E-state index contributed by atoms with van der Waals surface area (Å²) in [6.07, 6.45) is 2.64. The third-order valence-corrected chi connectivity index (χ3v) is 7.40. The van der Waals surface area contributed by atoms with Crippen LogP contribution in [-0.4, -0.2) is 68.6 Å². The molecule has 0 radical (unpaired) electrons. The molecule has 5 rings (SSSR count). The average Bonchev–Trinajstić information content (AvgIpc) is 3.19. The third-order valence-electron chi connectivity index (χ3n) is 6.51. The predicted molar refractivity (Wildman–Crippen MR) is 144 cm³/mol. The quantitative estimate of drug-likeness (QED) is 0.539. The van der Waals surface area contributed by atoms with Crippen molar-refractivity contribution in [1.29, 1.82) is 0 Å². The number of nitrogens with one attached hydrogen (secondary N) is 2. The molecule has 2 aliphatic heterocycles. The second-order valence-electron chi connectivity index (χ2n) is 8.78. The number of benzene rings is 1. The molecular formula is C26H30N6O3S. The van der Waals surface area contributed by atoms with Gasteiger partial charge in [0.15, 0.2) is 0 Å². The summed E-state index contributed by atoms with van der Waals surface area (Å²) >= 11 is 1.43. The highest BCUT2D eigenvalue weighted by Crippen LogP contribution is 2.42. The van der Waals surface area contributed by atoms with E-state index in [-0.39, 0.29) is 11.8 Å². The number of pyridine rings is 1. The van der Waals surface area contributed by atoms with E-state index >= 15 is 0 Å². The monoisotopic (exact) mass is 506 g/mol. The first-order valence-electron chi connectivity index (χ1n) is 12.1. The van der Waals surface area contributed by atoms with Crippen LogP contribution in [0.25, 0.3) is 0 Å². The van der Waals surface area contributed by atoms with Crippen LogP contribution in [-0.2, 0) is 0 Å². The zero-order valence-corrected chi connectivity index (χ0v) is 21.5. The van der Waals surface area contributed by atoms with Gasteiger partial charge in [-0.1, -0.05) is 0 Å². The van der Waals surface area contributed by atoms with E-state index in [9.17, 15) is 9.59 Å². The number of rotatable bonds is 5. The van der Waals surface area contributed by atoms with Crippen molar-refractivity contribution in [2.45, 2.75) is 13.3 Å². The van der Waals surface area contributed by atoms with Crippen LogP contribution in [0, 0.1) is 0 Å². The van der Waals surface area contributed by atoms with Crippen molar-refractivity contribution in [3.63, 3.8) is 0 Å². The van der Waals surface area contributed by atoms with Crippen molar-refractivity contribution in [2.75, 3.05) is 62.0 Å². The Morgan fingerprint density at radius 3 is 2.81 bits per heavy atom. The zero-order chi connectivity index (χ0) is 25.2. The molecule has 2 aliphatic rings. The summed E-state index contributed by atoms with van der Waals surface area (Å²) in [7, 11) is 3.72. The minimum absolute atomic E-state index is 0.00950. The van der Waals surface area contributed by atoms with Crippen molar-refractivity contribution in [2.24, 2.45) is 0 Å². The topological polar surface area (TPSA) is 90.0 Å². The Kier molecular flexibility index (Phi) is 6.80. The summed E-state index contributed by atoms with van der Waals surface area (Å²) in [6.45, 7) is 5.55. The normalized spacial score (nSPS) is 15.6. The number of thiophene rings is 1. The van der Waals surface area contributed by atoms with Gasteiger partial charge in [-0.25, -0.2) is 4.98 Å². The highest BCUT2D eigenvalue weighted by molar-refractivity contribution is 7.12. The number of fused-ring (bicyclic) bond motifs is 2. The van der Waals surface area contributed by atoms with E-state index in [0.29, 0.717) is 35.2 Å². The number of hydrogen-bond acceptors (Lipinski definition) is 8. The molecule has 2 N–H and O–H groups in total. The molecule has 0 bridgehead atoms. The maximum atomic E-state index is 13.1. The lowest BCUT2D eigenvalue weighted by molar-refractivity contribution is 0.0765. The van der Waals surface area contributed by atoms with Crippen LogP contribution < -0.4 is 25.2 Å². The summed E-state index contributed by atoms with van der Waals surface area (Å²) in [4.78, 5) is 36.9. The van der Waals surface area contributed by atoms with Gasteiger partial charge >= 0.3 is 0 Å². The van der Waals surface area contributed by atoms with Crippen molar-refractivity contribution in [3.8, 4) is 5.75 Å². The van der Waals surface area contributed by atoms with E-state index in [0.717, 1.165) is 48.8 Å². The van der Waals surface area contributed by atoms with E-state index in [2.05, 4.69) is 15.6 Å². The Hall–Kier alpha value is -3.63. The first kappa shape index (κ1) is 24.1. The van der Waals surface area contributed by atoms with Gasteiger partial charge in [0.25, 0.3) is 11.8 Å². The molecule has 1 fully saturated rings. The Balaban J connectivity index is 1.44. The second kappa shape index (κ2) is 10.2. The number of ether oxygens (including phenoxy) is 1. The number of carbonyl (C=O) groups excluding carboxylic acids is 2. The molecule has 0 aliphatic carbocycles. The molecule has 10 heteroatoms. The van der Waals surface area contributed by atoms with Gasteiger partial charge in [0, 0.05) is 45.4 Å². The molecule has 0 spiro atoms. The molecule has 0 unspecified atom stereocenters. The summed E-state index contributed by atoms with van der Waals surface area (Å²) < 4.78 is 5.90. The van der Waals surface area contributed by atoms with E-state index < -0.39 is 0 Å². The Morgan fingerprint density at radius 1 is 1.11 bits per heavy atom. The molecule has 4 heterocycles. The van der Waals surface area contributed by atoms with Gasteiger partial charge in [-0.2, -0.15) is 0 Å². The molecule has 36 heavy (non-hydrogen) atoms. The van der Waals surface area contributed by atoms with Gasteiger partial charge in [-0.15, -0.1) is 11.3 Å². The number of hydrogen-bond donors (Lipinski definition) is 2. The van der Waals surface area contributed by atoms with E-state index in [1.807, 2.05) is 53.4 Å². The van der Waals surface area contributed by atoms with Crippen molar-refractivity contribution >= 4 is 51.7 Å². The smallest absolute Gasteiger partial charge is 0.270 e. The van der Waals surface area contributed by atoms with E-state index in [1.54, 1.807) is 24.2 Å². The van der Waals surface area contributed by atoms with Crippen LogP contribution in [0.4, 0.5) is 28.6 Å². The van der Waals surface area contributed by atoms with Crippen molar-refractivity contribution in [1.82, 2.24) is 15.2 Å². The number of nitrogens with zero attached hydrogens (tertiary/aromatic N) is 4. The van der Waals surface area contributed by atoms with Gasteiger partial charge in [-0.3, -0.25) is 9.59 Å². The molecule has 188 valence electrons. The molecule has 2 amide bonds. The number of anilines is 5. The maximum Gasteiger partial charge on any atom is 0.270 e. The largest absolute Gasteiger partial charge is 0.492 e. The average molecular weight is 507 g/mol. The van der Waals surface area contributed by atoms with Crippen LogP contribution in [0.5, 0.6) is 5.75 Å². The first-order chi connectivity index (χ1) is 17.5. The van der Waals surface area contributed by atoms with Crippen molar-refractivity contribution in [3.05, 3.63) is 52.3 Å². The summed E-state index contributed by atoms with van der Waals surface area (Å²) in [5.41, 5.74) is 3.78. The van der Waals surface area contributed by atoms with Crippen LogP contribution in [0.15, 0.2) is 41.9 Å². The maximum absolute atomic E-state index is 13.1. The van der Waals surface area contributed by atoms with Crippen LogP contribution in [0.1, 0.15) is 33.4 Å². The lowest BCUT2D eigenvalue weighted by Gasteiger charge is -2.23. The molecule has 1 saturated heterocycles. The second-order valence-corrected chi connectivity index (χ2v) is 9.70. The van der Waals surface area contributed by atoms with Gasteiger partial charge in [0.2, 0.25) is 0 Å². The molecule has 0 atom stereocenters. The molecular weight excluding hydrogens is 476 g/mol. The van der Waals surface area contributed by atoms with Gasteiger partial charge in [-0.05, 0) is 49.5 Å². The fourth-order valence-corrected chi connectivity index (χ4v) is 5.45. The molecule has 9 nitrogen and oxygen atoms in total. The highest BCUT2D eigenvalue weighted by Gasteiger charge is 2.29. The van der Waals surface area contributed by atoms with Gasteiger partial charge in [0.1, 0.15) is 16.4 Å². The highest BCUT2D eigenvalue weighted by atomic mass is 32.1. The fraction of sp³-hybridized carbons (Fsp3) is 0.346. The van der Waals surface area contributed by atoms with Crippen LogP contribution in [0.2, 0.25) is 0 Å². The molecule has 3 aromatic rings. The zero-order valence-electron chi connectivity index (χ0n) is 20.7. The standard InChI is InChI=1S/C26H30N6O3S/c1-4-35-22-14-17(25(33)32-11-5-9-27-10-12-32)6-7-18(22)29-23-15-20-21(16-28-23)31(3)26(34)24-19(30(20)2)8-13-36-24/h6-8,13-16,27H,4-5,9-12H2,1-3H3,(H,28,29). The Bertz CT molecular complexity index is 1280. The molecule has 0 saturated carbocycles. The summed E-state index contributed by atoms with van der Waals surface area (Å²) in [6, 6.07) is 9.36. The Morgan fingerprint density at radius 2 is 1.97 bits per heavy atom. The summed E-state index contributed by atoms with van der Waals surface area (Å²) in [5.74, 6) is 1.16. The third kappa shape index (κ3) is 4.49. The lowest BCUT2D eigenvalue weighted by Crippen LogP contribution is -2.34. The van der Waals surface area contributed by atoms with Crippen LogP contribution >= 0.6 is 11.3 Å². The van der Waals surface area contributed by atoms with E-state index in [1.165, 1.54) is 11.3 Å². The summed E-state index contributed by atoms with van der Waals surface area (Å²) in [5, 5.41) is 8.61. The minimum Gasteiger partial charge on any atom is -0.492 e. The lowest BCUT2D eigenvalue weighted by atomic mass is 10.1. The predicted octanol–water partition coefficient (Wildman–Crippen LogP) is 4.08. The van der Waals surface area contributed by atoms with Gasteiger partial charge in [0.05, 0.1) is 35.6 Å². The van der Waals surface area contributed by atoms with E-state index in [4.69, 9.17) is 4.74 Å². The number of aromatic nitrogens is 1. The van der Waals surface area contributed by atoms with Gasteiger partial charge < -0.3 is 30.1 Å². The minimum atomic E-state index is -0.0489. The Labute approximate surface area is 214 Å². The molecule has 2 aromatic heterocycles. The van der Waals surface area contributed by atoms with Crippen LogP contribution in [0.3, 0.4) is 0 Å². The van der Waals surface area contributed by atoms with Crippen molar-refractivity contribution < 1.29 is 14.3 Å². The first-order valence-corrected chi connectivity index (χ1v) is 13.0. The number of amides is 2.